The summed E-state index contributed by atoms with van der Waals surface area (Å²) in [6.07, 6.45) is 4.31. The maximum atomic E-state index is 9.66. The quantitative estimate of drug-likeness (QED) is 0.878. The van der Waals surface area contributed by atoms with Crippen LogP contribution in [0.25, 0.3) is 0 Å². The molecule has 0 saturated carbocycles. The Morgan fingerprint density at radius 3 is 2.90 bits per heavy atom. The Hall–Kier alpha value is -0.610. The molecule has 1 heterocycles. The molecule has 20 heavy (non-hydrogen) atoms. The van der Waals surface area contributed by atoms with E-state index >= 15 is 0 Å². The van der Waals surface area contributed by atoms with Crippen LogP contribution in [-0.2, 0) is 0 Å². The first-order chi connectivity index (χ1) is 9.67. The van der Waals surface area contributed by atoms with Crippen LogP contribution in [0, 0.1) is 0 Å². The van der Waals surface area contributed by atoms with E-state index in [1.807, 2.05) is 18.2 Å². The van der Waals surface area contributed by atoms with Crippen LogP contribution in [0.3, 0.4) is 0 Å². The highest BCUT2D eigenvalue weighted by atomic mass is 35.5. The largest absolute Gasteiger partial charge is 0.395 e. The SMILES string of the molecule is CCC(N)C(c1cccc(Cl)c1)N1CCCCC1CO. The molecule has 0 amide bonds. The molecule has 0 spiro atoms. The van der Waals surface area contributed by atoms with Crippen molar-refractivity contribution in [3.8, 4) is 0 Å². The molecule has 3 atom stereocenters. The summed E-state index contributed by atoms with van der Waals surface area (Å²) in [5.41, 5.74) is 7.54. The normalized spacial score (nSPS) is 23.5. The molecule has 0 aliphatic carbocycles. The fourth-order valence-corrected chi connectivity index (χ4v) is 3.38. The predicted octanol–water partition coefficient (Wildman–Crippen LogP) is 2.97. The number of rotatable bonds is 5. The van der Waals surface area contributed by atoms with Gasteiger partial charge in [0, 0.05) is 17.1 Å². The zero-order chi connectivity index (χ0) is 14.5. The monoisotopic (exact) mass is 296 g/mol. The fraction of sp³-hybridized carbons (Fsp3) is 0.625. The van der Waals surface area contributed by atoms with Crippen molar-refractivity contribution in [2.75, 3.05) is 13.2 Å². The van der Waals surface area contributed by atoms with E-state index in [0.29, 0.717) is 0 Å². The first kappa shape index (κ1) is 15.8. The van der Waals surface area contributed by atoms with Crippen molar-refractivity contribution < 1.29 is 5.11 Å². The molecule has 2 rings (SSSR count). The van der Waals surface area contributed by atoms with Crippen LogP contribution in [0.15, 0.2) is 24.3 Å². The van der Waals surface area contributed by atoms with Gasteiger partial charge in [0.1, 0.15) is 0 Å². The summed E-state index contributed by atoms with van der Waals surface area (Å²) in [5.74, 6) is 0. The van der Waals surface area contributed by atoms with E-state index < -0.39 is 0 Å². The van der Waals surface area contributed by atoms with Gasteiger partial charge in [-0.3, -0.25) is 4.90 Å². The second-order valence-corrected chi connectivity index (χ2v) is 6.08. The maximum Gasteiger partial charge on any atom is 0.0587 e. The van der Waals surface area contributed by atoms with Crippen molar-refractivity contribution in [2.24, 2.45) is 5.73 Å². The molecular weight excluding hydrogens is 272 g/mol. The number of hydrogen-bond acceptors (Lipinski definition) is 3. The molecule has 0 aromatic heterocycles. The van der Waals surface area contributed by atoms with E-state index in [0.717, 1.165) is 30.0 Å². The number of aliphatic hydroxyl groups is 1. The summed E-state index contributed by atoms with van der Waals surface area (Å²) < 4.78 is 0. The Labute approximate surface area is 126 Å². The molecular formula is C16H25ClN2O. The van der Waals surface area contributed by atoms with Gasteiger partial charge in [0.15, 0.2) is 0 Å². The van der Waals surface area contributed by atoms with Gasteiger partial charge in [-0.25, -0.2) is 0 Å². The lowest BCUT2D eigenvalue weighted by atomic mass is 9.91. The van der Waals surface area contributed by atoms with Crippen molar-refractivity contribution in [2.45, 2.75) is 50.7 Å². The smallest absolute Gasteiger partial charge is 0.0587 e. The zero-order valence-electron chi connectivity index (χ0n) is 12.1. The highest BCUT2D eigenvalue weighted by Crippen LogP contribution is 2.32. The molecule has 3 N–H and O–H groups in total. The van der Waals surface area contributed by atoms with Crippen molar-refractivity contribution in [3.63, 3.8) is 0 Å². The summed E-state index contributed by atoms with van der Waals surface area (Å²) in [5, 5.41) is 10.4. The van der Waals surface area contributed by atoms with Crippen LogP contribution in [-0.4, -0.2) is 35.2 Å². The second kappa shape index (κ2) is 7.41. The highest BCUT2D eigenvalue weighted by Gasteiger charge is 2.32. The molecule has 4 heteroatoms. The van der Waals surface area contributed by atoms with Gasteiger partial charge in [0.2, 0.25) is 0 Å². The number of piperidine rings is 1. The minimum Gasteiger partial charge on any atom is -0.395 e. The first-order valence-corrected chi connectivity index (χ1v) is 7.92. The summed E-state index contributed by atoms with van der Waals surface area (Å²) in [6.45, 7) is 3.31. The number of aliphatic hydroxyl groups excluding tert-OH is 1. The van der Waals surface area contributed by atoms with Crippen LogP contribution in [0.4, 0.5) is 0 Å². The van der Waals surface area contributed by atoms with Gasteiger partial charge in [-0.15, -0.1) is 0 Å². The minimum absolute atomic E-state index is 0.0561. The highest BCUT2D eigenvalue weighted by molar-refractivity contribution is 6.30. The zero-order valence-corrected chi connectivity index (χ0v) is 12.9. The molecule has 1 aromatic carbocycles. The van der Waals surface area contributed by atoms with Crippen LogP contribution >= 0.6 is 11.6 Å². The predicted molar refractivity (Wildman–Crippen MR) is 83.9 cm³/mol. The van der Waals surface area contributed by atoms with E-state index in [4.69, 9.17) is 17.3 Å². The average Bonchev–Trinajstić information content (AvgIpc) is 2.48. The average molecular weight is 297 g/mol. The number of benzene rings is 1. The van der Waals surface area contributed by atoms with Gasteiger partial charge in [0.05, 0.1) is 12.6 Å². The Morgan fingerprint density at radius 1 is 1.45 bits per heavy atom. The first-order valence-electron chi connectivity index (χ1n) is 7.55. The van der Waals surface area contributed by atoms with E-state index in [-0.39, 0.29) is 24.7 Å². The summed E-state index contributed by atoms with van der Waals surface area (Å²) in [7, 11) is 0. The van der Waals surface area contributed by atoms with Crippen molar-refractivity contribution in [1.82, 2.24) is 4.90 Å². The molecule has 0 radical (unpaired) electrons. The van der Waals surface area contributed by atoms with Gasteiger partial charge < -0.3 is 10.8 Å². The molecule has 3 unspecified atom stereocenters. The Bertz CT molecular complexity index is 427. The van der Waals surface area contributed by atoms with Gasteiger partial charge in [-0.05, 0) is 43.5 Å². The summed E-state index contributed by atoms with van der Waals surface area (Å²) in [4.78, 5) is 2.38. The third-order valence-electron chi connectivity index (χ3n) is 4.31. The van der Waals surface area contributed by atoms with Crippen LogP contribution < -0.4 is 5.73 Å². The Balaban J connectivity index is 2.31. The van der Waals surface area contributed by atoms with E-state index in [9.17, 15) is 5.11 Å². The van der Waals surface area contributed by atoms with Gasteiger partial charge in [-0.1, -0.05) is 37.1 Å². The molecule has 1 aliphatic rings. The lowest BCUT2D eigenvalue weighted by Gasteiger charge is -2.43. The standard InChI is InChI=1S/C16H25ClN2O/c1-2-15(18)16(12-6-5-7-13(17)10-12)19-9-4-3-8-14(19)11-20/h5-7,10,14-16,20H,2-4,8-9,11,18H2,1H3. The molecule has 1 fully saturated rings. The number of likely N-dealkylation sites (tertiary alicyclic amines) is 1. The van der Waals surface area contributed by atoms with Crippen LogP contribution in [0.2, 0.25) is 5.02 Å². The molecule has 1 aromatic rings. The molecule has 112 valence electrons. The maximum absolute atomic E-state index is 9.66. The number of halogens is 1. The fourth-order valence-electron chi connectivity index (χ4n) is 3.18. The number of nitrogens with two attached hydrogens (primary N) is 1. The third kappa shape index (κ3) is 3.53. The van der Waals surface area contributed by atoms with Crippen LogP contribution in [0.5, 0.6) is 0 Å². The van der Waals surface area contributed by atoms with Gasteiger partial charge in [0.25, 0.3) is 0 Å². The van der Waals surface area contributed by atoms with Crippen LogP contribution in [0.1, 0.15) is 44.2 Å². The second-order valence-electron chi connectivity index (χ2n) is 5.64. The topological polar surface area (TPSA) is 49.5 Å². The minimum atomic E-state index is 0.0561. The molecule has 0 bridgehead atoms. The lowest BCUT2D eigenvalue weighted by Crippen LogP contribution is -2.49. The van der Waals surface area contributed by atoms with E-state index in [1.165, 1.54) is 12.8 Å². The van der Waals surface area contributed by atoms with Crippen molar-refractivity contribution in [3.05, 3.63) is 34.9 Å². The van der Waals surface area contributed by atoms with Gasteiger partial charge >= 0.3 is 0 Å². The summed E-state index contributed by atoms with van der Waals surface area (Å²) in [6, 6.07) is 8.37. The molecule has 1 saturated heterocycles. The Kier molecular flexibility index (Phi) is 5.85. The van der Waals surface area contributed by atoms with Crippen molar-refractivity contribution >= 4 is 11.6 Å². The number of hydrogen-bond donors (Lipinski definition) is 2. The number of nitrogens with zero attached hydrogens (tertiary/aromatic N) is 1. The summed E-state index contributed by atoms with van der Waals surface area (Å²) >= 11 is 6.14. The molecule has 1 aliphatic heterocycles. The van der Waals surface area contributed by atoms with Crippen molar-refractivity contribution in [1.29, 1.82) is 0 Å². The van der Waals surface area contributed by atoms with Gasteiger partial charge in [-0.2, -0.15) is 0 Å². The van der Waals surface area contributed by atoms with E-state index in [1.54, 1.807) is 0 Å². The third-order valence-corrected chi connectivity index (χ3v) is 4.54. The lowest BCUT2D eigenvalue weighted by molar-refractivity contribution is 0.0416. The Morgan fingerprint density at radius 2 is 2.25 bits per heavy atom. The van der Waals surface area contributed by atoms with E-state index in [2.05, 4.69) is 17.9 Å². The molecule has 3 nitrogen and oxygen atoms in total.